The fraction of sp³-hybridized carbons (Fsp3) is 0.267. The molecule has 2 aromatic rings. The number of H-pyrrole nitrogens is 1. The summed E-state index contributed by atoms with van der Waals surface area (Å²) in [5.41, 5.74) is -0.0743. The minimum absolute atomic E-state index is 0.000938. The summed E-state index contributed by atoms with van der Waals surface area (Å²) < 4.78 is 9.83. The highest BCUT2D eigenvalue weighted by atomic mass is 16.6. The van der Waals surface area contributed by atoms with Gasteiger partial charge in [-0.15, -0.1) is 0 Å². The number of aromatic nitrogens is 2. The molecule has 9 heteroatoms. The summed E-state index contributed by atoms with van der Waals surface area (Å²) in [6.07, 6.45) is 2.41. The number of hydrogen-bond donors (Lipinski definition) is 1. The Morgan fingerprint density at radius 3 is 2.54 bits per heavy atom. The van der Waals surface area contributed by atoms with E-state index in [-0.39, 0.29) is 41.4 Å². The van der Waals surface area contributed by atoms with Crippen LogP contribution in [-0.2, 0) is 9.47 Å². The van der Waals surface area contributed by atoms with Crippen LogP contribution in [0.1, 0.15) is 34.7 Å². The zero-order chi connectivity index (χ0) is 17.7. The SMILES string of the molecule is CCOC(=O)c1cc(C(=O)OCC)c(-c2ccncc2[N+](=O)[O-])[nH]1. The summed E-state index contributed by atoms with van der Waals surface area (Å²) in [6.45, 7) is 3.54. The largest absolute Gasteiger partial charge is 0.462 e. The van der Waals surface area contributed by atoms with Crippen molar-refractivity contribution in [2.24, 2.45) is 0 Å². The van der Waals surface area contributed by atoms with Crippen molar-refractivity contribution in [2.75, 3.05) is 13.2 Å². The second kappa shape index (κ2) is 7.36. The minimum atomic E-state index is -0.703. The van der Waals surface area contributed by atoms with Crippen LogP contribution in [0.15, 0.2) is 24.5 Å². The monoisotopic (exact) mass is 333 g/mol. The van der Waals surface area contributed by atoms with Gasteiger partial charge >= 0.3 is 11.9 Å². The van der Waals surface area contributed by atoms with Crippen LogP contribution in [0.5, 0.6) is 0 Å². The number of aromatic amines is 1. The zero-order valence-corrected chi connectivity index (χ0v) is 13.1. The van der Waals surface area contributed by atoms with Gasteiger partial charge in [-0.25, -0.2) is 9.59 Å². The molecule has 0 aromatic carbocycles. The minimum Gasteiger partial charge on any atom is -0.462 e. The molecular weight excluding hydrogens is 318 g/mol. The van der Waals surface area contributed by atoms with Gasteiger partial charge in [0.2, 0.25) is 0 Å². The number of pyridine rings is 1. The maximum atomic E-state index is 12.1. The highest BCUT2D eigenvalue weighted by molar-refractivity contribution is 6.01. The van der Waals surface area contributed by atoms with Crippen molar-refractivity contribution in [1.82, 2.24) is 9.97 Å². The van der Waals surface area contributed by atoms with Gasteiger partial charge in [-0.05, 0) is 26.0 Å². The lowest BCUT2D eigenvalue weighted by Crippen LogP contribution is -2.06. The molecule has 2 aromatic heterocycles. The summed E-state index contributed by atoms with van der Waals surface area (Å²) >= 11 is 0. The van der Waals surface area contributed by atoms with Gasteiger partial charge in [0.05, 0.1) is 35.0 Å². The third-order valence-electron chi connectivity index (χ3n) is 3.07. The lowest BCUT2D eigenvalue weighted by molar-refractivity contribution is -0.384. The molecular formula is C15H15N3O6. The topological polar surface area (TPSA) is 124 Å². The molecule has 0 aliphatic carbocycles. The molecule has 0 fully saturated rings. The van der Waals surface area contributed by atoms with E-state index in [1.54, 1.807) is 13.8 Å². The molecule has 0 atom stereocenters. The highest BCUT2D eigenvalue weighted by Crippen LogP contribution is 2.31. The van der Waals surface area contributed by atoms with Crippen LogP contribution in [0.25, 0.3) is 11.3 Å². The first-order valence-corrected chi connectivity index (χ1v) is 7.15. The first-order valence-electron chi connectivity index (χ1n) is 7.15. The molecule has 0 saturated carbocycles. The predicted octanol–water partition coefficient (Wildman–Crippen LogP) is 2.34. The van der Waals surface area contributed by atoms with Gasteiger partial charge in [-0.1, -0.05) is 0 Å². The van der Waals surface area contributed by atoms with Crippen molar-refractivity contribution >= 4 is 17.6 Å². The molecule has 0 saturated heterocycles. The third-order valence-corrected chi connectivity index (χ3v) is 3.07. The normalized spacial score (nSPS) is 10.2. The standard InChI is InChI=1S/C15H15N3O6/c1-3-23-14(19)10-7-11(15(20)24-4-2)17-13(10)9-5-6-16-8-12(9)18(21)22/h5-8,17H,3-4H2,1-2H3. The number of rotatable bonds is 6. The van der Waals surface area contributed by atoms with Gasteiger partial charge in [0.1, 0.15) is 11.9 Å². The number of carbonyl (C=O) groups is 2. The molecule has 1 N–H and O–H groups in total. The Bertz CT molecular complexity index is 783. The Morgan fingerprint density at radius 1 is 1.25 bits per heavy atom. The summed E-state index contributed by atoms with van der Waals surface area (Å²) in [5, 5.41) is 11.2. The molecule has 126 valence electrons. The second-order valence-electron chi connectivity index (χ2n) is 4.56. The molecule has 0 bridgehead atoms. The Hall–Kier alpha value is -3.23. The molecule has 9 nitrogen and oxygen atoms in total. The number of hydrogen-bond acceptors (Lipinski definition) is 7. The zero-order valence-electron chi connectivity index (χ0n) is 13.1. The summed E-state index contributed by atoms with van der Waals surface area (Å²) in [5.74, 6) is -1.38. The van der Waals surface area contributed by atoms with Crippen LogP contribution in [-0.4, -0.2) is 40.0 Å². The molecule has 24 heavy (non-hydrogen) atoms. The number of carbonyl (C=O) groups excluding carboxylic acids is 2. The molecule has 0 aliphatic heterocycles. The van der Waals surface area contributed by atoms with Crippen LogP contribution in [0.3, 0.4) is 0 Å². The average molecular weight is 333 g/mol. The second-order valence-corrected chi connectivity index (χ2v) is 4.56. The molecule has 0 amide bonds. The van der Waals surface area contributed by atoms with Crippen molar-refractivity contribution in [3.63, 3.8) is 0 Å². The Kier molecular flexibility index (Phi) is 5.25. The van der Waals surface area contributed by atoms with Gasteiger partial charge < -0.3 is 14.5 Å². The Morgan fingerprint density at radius 2 is 1.92 bits per heavy atom. The van der Waals surface area contributed by atoms with Gasteiger partial charge in [0.25, 0.3) is 5.69 Å². The maximum absolute atomic E-state index is 12.1. The third kappa shape index (κ3) is 3.40. The van der Waals surface area contributed by atoms with Crippen molar-refractivity contribution in [2.45, 2.75) is 13.8 Å². The van der Waals surface area contributed by atoms with Crippen molar-refractivity contribution < 1.29 is 24.0 Å². The van der Waals surface area contributed by atoms with Crippen LogP contribution in [0.2, 0.25) is 0 Å². The van der Waals surface area contributed by atoms with Gasteiger partial charge in [0.15, 0.2) is 0 Å². The van der Waals surface area contributed by atoms with Crippen molar-refractivity contribution in [1.29, 1.82) is 0 Å². The van der Waals surface area contributed by atoms with Crippen LogP contribution >= 0.6 is 0 Å². The average Bonchev–Trinajstić information content (AvgIpc) is 3.00. The fourth-order valence-corrected chi connectivity index (χ4v) is 2.10. The Labute approximate surface area is 136 Å². The first-order chi connectivity index (χ1) is 11.5. The summed E-state index contributed by atoms with van der Waals surface area (Å²) in [6, 6.07) is 2.64. The maximum Gasteiger partial charge on any atom is 0.354 e. The van der Waals surface area contributed by atoms with Crippen LogP contribution < -0.4 is 0 Å². The molecule has 0 radical (unpaired) electrons. The number of nitrogens with zero attached hydrogens (tertiary/aromatic N) is 2. The number of esters is 2. The summed E-state index contributed by atoms with van der Waals surface area (Å²) in [4.78, 5) is 41.0. The van der Waals surface area contributed by atoms with E-state index in [1.807, 2.05) is 0 Å². The van der Waals surface area contributed by atoms with E-state index in [0.717, 1.165) is 6.20 Å². The van der Waals surface area contributed by atoms with E-state index in [2.05, 4.69) is 9.97 Å². The van der Waals surface area contributed by atoms with Crippen molar-refractivity contribution in [3.05, 3.63) is 45.9 Å². The van der Waals surface area contributed by atoms with Crippen LogP contribution in [0, 0.1) is 10.1 Å². The smallest absolute Gasteiger partial charge is 0.354 e. The van der Waals surface area contributed by atoms with E-state index in [9.17, 15) is 19.7 Å². The van der Waals surface area contributed by atoms with E-state index in [0.29, 0.717) is 0 Å². The number of nitrogens with one attached hydrogen (secondary N) is 1. The first kappa shape index (κ1) is 17.1. The fourth-order valence-electron chi connectivity index (χ4n) is 2.10. The van der Waals surface area contributed by atoms with E-state index < -0.39 is 16.9 Å². The quantitative estimate of drug-likeness (QED) is 0.488. The molecule has 0 aliphatic rings. The van der Waals surface area contributed by atoms with Gasteiger partial charge in [-0.3, -0.25) is 15.1 Å². The van der Waals surface area contributed by atoms with Gasteiger partial charge in [0, 0.05) is 6.20 Å². The molecule has 2 rings (SSSR count). The van der Waals surface area contributed by atoms with E-state index in [4.69, 9.17) is 9.47 Å². The van der Waals surface area contributed by atoms with E-state index in [1.165, 1.54) is 18.3 Å². The van der Waals surface area contributed by atoms with Crippen molar-refractivity contribution in [3.8, 4) is 11.3 Å². The number of nitro groups is 1. The number of ether oxygens (including phenoxy) is 2. The van der Waals surface area contributed by atoms with E-state index >= 15 is 0 Å². The lowest BCUT2D eigenvalue weighted by Gasteiger charge is -2.04. The molecule has 2 heterocycles. The van der Waals surface area contributed by atoms with Gasteiger partial charge in [-0.2, -0.15) is 0 Å². The molecule has 0 unspecified atom stereocenters. The highest BCUT2D eigenvalue weighted by Gasteiger charge is 2.26. The Balaban J connectivity index is 2.61. The summed E-state index contributed by atoms with van der Waals surface area (Å²) in [7, 11) is 0. The predicted molar refractivity (Wildman–Crippen MR) is 82.6 cm³/mol. The lowest BCUT2D eigenvalue weighted by atomic mass is 10.1. The molecule has 0 spiro atoms. The van der Waals surface area contributed by atoms with Crippen LogP contribution in [0.4, 0.5) is 5.69 Å².